The van der Waals surface area contributed by atoms with Crippen LogP contribution in [0.3, 0.4) is 0 Å². The molecule has 0 saturated carbocycles. The van der Waals surface area contributed by atoms with E-state index in [0.717, 1.165) is 22.3 Å². The molecule has 0 bridgehead atoms. The topological polar surface area (TPSA) is 47.8 Å². The van der Waals surface area contributed by atoms with Crippen molar-refractivity contribution in [1.82, 2.24) is 14.5 Å². The number of rotatable bonds is 4. The molecule has 0 unspecified atom stereocenters. The van der Waals surface area contributed by atoms with Crippen molar-refractivity contribution in [3.8, 4) is 5.69 Å². The zero-order valence-corrected chi connectivity index (χ0v) is 13.4. The number of imidazole rings is 1. The maximum atomic E-state index is 12.3. The highest BCUT2D eigenvalue weighted by molar-refractivity contribution is 6.06. The minimum atomic E-state index is -0.0362. The molecule has 0 fully saturated rings. The summed E-state index contributed by atoms with van der Waals surface area (Å²) in [5.41, 5.74) is 4.51. The first-order valence-corrected chi connectivity index (χ1v) is 7.96. The lowest BCUT2D eigenvalue weighted by atomic mass is 10.1. The Labute approximate surface area is 145 Å². The number of carbonyl (C=O) groups is 1. The van der Waals surface area contributed by atoms with Crippen molar-refractivity contribution in [2.75, 3.05) is 0 Å². The first kappa shape index (κ1) is 15.0. The SMILES string of the molecule is O=C(C=Cc1cccnc1)c1ccc(-n2cnc3ccccc32)cc1. The third kappa shape index (κ3) is 3.10. The van der Waals surface area contributed by atoms with Crippen molar-refractivity contribution in [3.05, 3.63) is 96.6 Å². The number of aromatic nitrogens is 3. The van der Waals surface area contributed by atoms with Gasteiger partial charge in [-0.15, -0.1) is 0 Å². The lowest BCUT2D eigenvalue weighted by molar-refractivity contribution is 0.104. The zero-order valence-electron chi connectivity index (χ0n) is 13.4. The molecule has 2 aromatic heterocycles. The van der Waals surface area contributed by atoms with Gasteiger partial charge in [-0.1, -0.05) is 18.2 Å². The van der Waals surface area contributed by atoms with Crippen molar-refractivity contribution < 1.29 is 4.79 Å². The van der Waals surface area contributed by atoms with E-state index >= 15 is 0 Å². The molecule has 0 amide bonds. The number of ketones is 1. The quantitative estimate of drug-likeness (QED) is 0.415. The highest BCUT2D eigenvalue weighted by Gasteiger charge is 2.06. The summed E-state index contributed by atoms with van der Waals surface area (Å²) in [4.78, 5) is 20.7. The van der Waals surface area contributed by atoms with E-state index in [1.165, 1.54) is 0 Å². The minimum Gasteiger partial charge on any atom is -0.299 e. The molecule has 0 spiro atoms. The van der Waals surface area contributed by atoms with Gasteiger partial charge in [0.15, 0.2) is 5.78 Å². The van der Waals surface area contributed by atoms with Crippen LogP contribution in [-0.2, 0) is 0 Å². The maximum Gasteiger partial charge on any atom is 0.185 e. The van der Waals surface area contributed by atoms with Crippen LogP contribution in [0.15, 0.2) is 85.5 Å². The molecule has 0 aliphatic rings. The van der Waals surface area contributed by atoms with Gasteiger partial charge in [-0.2, -0.15) is 0 Å². The molecule has 4 rings (SSSR count). The molecule has 0 atom stereocenters. The molecular weight excluding hydrogens is 310 g/mol. The summed E-state index contributed by atoms with van der Waals surface area (Å²) in [6.07, 6.45) is 8.56. The fourth-order valence-corrected chi connectivity index (χ4v) is 2.69. The Bertz CT molecular complexity index is 1050. The highest BCUT2D eigenvalue weighted by Crippen LogP contribution is 2.18. The van der Waals surface area contributed by atoms with Gasteiger partial charge >= 0.3 is 0 Å². The van der Waals surface area contributed by atoms with Crippen molar-refractivity contribution in [3.63, 3.8) is 0 Å². The van der Waals surface area contributed by atoms with Gasteiger partial charge in [-0.3, -0.25) is 14.3 Å². The summed E-state index contributed by atoms with van der Waals surface area (Å²) in [6, 6.07) is 19.2. The largest absolute Gasteiger partial charge is 0.299 e. The summed E-state index contributed by atoms with van der Waals surface area (Å²) in [5, 5.41) is 0. The van der Waals surface area contributed by atoms with Gasteiger partial charge in [0.1, 0.15) is 6.33 Å². The van der Waals surface area contributed by atoms with Gasteiger partial charge in [-0.25, -0.2) is 4.98 Å². The molecule has 0 aliphatic carbocycles. The lowest BCUT2D eigenvalue weighted by Gasteiger charge is -2.05. The average Bonchev–Trinajstić information content (AvgIpc) is 3.11. The van der Waals surface area contributed by atoms with Gasteiger partial charge in [0.05, 0.1) is 11.0 Å². The second-order valence-corrected chi connectivity index (χ2v) is 5.63. The molecule has 4 heteroatoms. The summed E-state index contributed by atoms with van der Waals surface area (Å²) in [6.45, 7) is 0. The zero-order chi connectivity index (χ0) is 17.1. The predicted molar refractivity (Wildman–Crippen MR) is 98.7 cm³/mol. The number of pyridine rings is 1. The number of carbonyl (C=O) groups excluding carboxylic acids is 1. The molecule has 4 nitrogen and oxygen atoms in total. The monoisotopic (exact) mass is 325 g/mol. The van der Waals surface area contributed by atoms with Crippen LogP contribution in [0.2, 0.25) is 0 Å². The Morgan fingerprint density at radius 3 is 2.60 bits per heavy atom. The van der Waals surface area contributed by atoms with Gasteiger partial charge in [-0.05, 0) is 60.2 Å². The maximum absolute atomic E-state index is 12.3. The van der Waals surface area contributed by atoms with Gasteiger partial charge in [0, 0.05) is 23.6 Å². The molecule has 2 heterocycles. The highest BCUT2D eigenvalue weighted by atomic mass is 16.1. The van der Waals surface area contributed by atoms with Crippen LogP contribution in [-0.4, -0.2) is 20.3 Å². The van der Waals surface area contributed by atoms with Crippen molar-refractivity contribution in [2.45, 2.75) is 0 Å². The van der Waals surface area contributed by atoms with Crippen LogP contribution in [0.5, 0.6) is 0 Å². The number of allylic oxidation sites excluding steroid dienone is 1. The number of fused-ring (bicyclic) bond motifs is 1. The number of benzene rings is 2. The first-order chi connectivity index (χ1) is 12.3. The molecular formula is C21H15N3O. The van der Waals surface area contributed by atoms with E-state index in [0.29, 0.717) is 5.56 Å². The van der Waals surface area contributed by atoms with Crippen LogP contribution in [0, 0.1) is 0 Å². The summed E-state index contributed by atoms with van der Waals surface area (Å²) >= 11 is 0. The van der Waals surface area contributed by atoms with E-state index in [1.807, 2.05) is 65.2 Å². The van der Waals surface area contributed by atoms with Gasteiger partial charge < -0.3 is 0 Å². The van der Waals surface area contributed by atoms with E-state index in [9.17, 15) is 4.79 Å². The molecule has 120 valence electrons. The Morgan fingerprint density at radius 2 is 1.80 bits per heavy atom. The molecule has 0 N–H and O–H groups in total. The fraction of sp³-hybridized carbons (Fsp3) is 0. The van der Waals surface area contributed by atoms with Crippen molar-refractivity contribution >= 4 is 22.9 Å². The molecule has 4 aromatic rings. The van der Waals surface area contributed by atoms with Gasteiger partial charge in [0.2, 0.25) is 0 Å². The predicted octanol–water partition coefficient (Wildman–Crippen LogP) is 4.32. The van der Waals surface area contributed by atoms with Crippen LogP contribution >= 0.6 is 0 Å². The standard InChI is InChI=1S/C21H15N3O/c25-21(12-7-16-4-3-13-22-14-16)17-8-10-18(11-9-17)24-15-23-19-5-1-2-6-20(19)24/h1-15H. The Balaban J connectivity index is 1.58. The normalized spacial score (nSPS) is 11.2. The van der Waals surface area contributed by atoms with Crippen molar-refractivity contribution in [2.24, 2.45) is 0 Å². The minimum absolute atomic E-state index is 0.0362. The lowest BCUT2D eigenvalue weighted by Crippen LogP contribution is -1.96. The molecule has 0 aliphatic heterocycles. The van der Waals surface area contributed by atoms with E-state index < -0.39 is 0 Å². The first-order valence-electron chi connectivity index (χ1n) is 7.96. The summed E-state index contributed by atoms with van der Waals surface area (Å²) < 4.78 is 2.01. The van der Waals surface area contributed by atoms with Crippen molar-refractivity contribution in [1.29, 1.82) is 0 Å². The third-order valence-corrected chi connectivity index (χ3v) is 4.00. The number of nitrogens with zero attached hydrogens (tertiary/aromatic N) is 3. The van der Waals surface area contributed by atoms with E-state index in [1.54, 1.807) is 30.9 Å². The van der Waals surface area contributed by atoms with E-state index in [4.69, 9.17) is 0 Å². The Morgan fingerprint density at radius 1 is 0.960 bits per heavy atom. The van der Waals surface area contributed by atoms with E-state index in [2.05, 4.69) is 9.97 Å². The summed E-state index contributed by atoms with van der Waals surface area (Å²) in [7, 11) is 0. The molecule has 0 radical (unpaired) electrons. The Hall–Kier alpha value is -3.53. The Kier molecular flexibility index (Phi) is 3.92. The van der Waals surface area contributed by atoms with E-state index in [-0.39, 0.29) is 5.78 Å². The number of hydrogen-bond acceptors (Lipinski definition) is 3. The second kappa shape index (κ2) is 6.53. The van der Waals surface area contributed by atoms with Crippen LogP contribution in [0.4, 0.5) is 0 Å². The average molecular weight is 325 g/mol. The molecule has 0 saturated heterocycles. The number of para-hydroxylation sites is 2. The second-order valence-electron chi connectivity index (χ2n) is 5.63. The molecule has 25 heavy (non-hydrogen) atoms. The van der Waals surface area contributed by atoms with Crippen LogP contribution < -0.4 is 0 Å². The van der Waals surface area contributed by atoms with Gasteiger partial charge in [0.25, 0.3) is 0 Å². The van der Waals surface area contributed by atoms with Crippen LogP contribution in [0.25, 0.3) is 22.8 Å². The van der Waals surface area contributed by atoms with Crippen LogP contribution in [0.1, 0.15) is 15.9 Å². The third-order valence-electron chi connectivity index (χ3n) is 4.00. The molecule has 2 aromatic carbocycles. The smallest absolute Gasteiger partial charge is 0.185 e. The number of hydrogen-bond donors (Lipinski definition) is 0. The fourth-order valence-electron chi connectivity index (χ4n) is 2.69. The summed E-state index contributed by atoms with van der Waals surface area (Å²) in [5.74, 6) is -0.0362.